The number of hydrogen-bond donors (Lipinski definition) is 2. The first-order valence-electron chi connectivity index (χ1n) is 12.0. The van der Waals surface area contributed by atoms with Crippen LogP contribution in [0.1, 0.15) is 86.6 Å². The molecule has 0 radical (unpaired) electrons. The number of halogens is 1. The molecule has 2 unspecified atom stereocenters. The van der Waals surface area contributed by atoms with Crippen LogP contribution in [-0.4, -0.2) is 28.9 Å². The third-order valence-corrected chi connectivity index (χ3v) is 6.97. The molecule has 1 aliphatic rings. The molecule has 6 nitrogen and oxygen atoms in total. The largest absolute Gasteiger partial charge is 0.486 e. The van der Waals surface area contributed by atoms with Crippen LogP contribution in [0.15, 0.2) is 29.6 Å². The maximum atomic E-state index is 12.8. The smallest absolute Gasteiger partial charge is 0.271 e. The molecule has 0 aliphatic heterocycles. The van der Waals surface area contributed by atoms with E-state index < -0.39 is 0 Å². The Morgan fingerprint density at radius 3 is 2.48 bits per heavy atom. The molecule has 1 fully saturated rings. The first kappa shape index (κ1) is 25.5. The molecule has 0 saturated heterocycles. The summed E-state index contributed by atoms with van der Waals surface area (Å²) in [5.41, 5.74) is 0.390. The Hall–Kier alpha value is -2.12. The van der Waals surface area contributed by atoms with Crippen molar-refractivity contribution in [1.29, 1.82) is 0 Å². The maximum absolute atomic E-state index is 12.8. The normalized spacial score (nSPS) is 18.0. The van der Waals surface area contributed by atoms with Crippen LogP contribution >= 0.6 is 22.9 Å². The second-order valence-corrected chi connectivity index (χ2v) is 9.95. The SMILES string of the molecule is CCCCCCCC(=O)NC1CCCCC1NC(=O)c1csc(COc2ccc(Cl)cc2)n1. The molecule has 1 aromatic heterocycles. The highest BCUT2D eigenvalue weighted by Crippen LogP contribution is 2.21. The van der Waals surface area contributed by atoms with Gasteiger partial charge in [0.05, 0.1) is 0 Å². The molecular weight excluding hydrogens is 458 g/mol. The van der Waals surface area contributed by atoms with Gasteiger partial charge in [-0.05, 0) is 43.5 Å². The number of nitrogens with zero attached hydrogens (tertiary/aromatic N) is 1. The molecule has 1 aromatic carbocycles. The summed E-state index contributed by atoms with van der Waals surface area (Å²) >= 11 is 7.29. The lowest BCUT2D eigenvalue weighted by molar-refractivity contribution is -0.122. The van der Waals surface area contributed by atoms with E-state index in [-0.39, 0.29) is 23.9 Å². The zero-order valence-electron chi connectivity index (χ0n) is 19.3. The van der Waals surface area contributed by atoms with E-state index in [2.05, 4.69) is 22.5 Å². The van der Waals surface area contributed by atoms with Gasteiger partial charge in [-0.3, -0.25) is 9.59 Å². The first-order valence-corrected chi connectivity index (χ1v) is 13.2. The molecule has 180 valence electrons. The second kappa shape index (κ2) is 13.6. The first-order chi connectivity index (χ1) is 16.0. The Labute approximate surface area is 205 Å². The lowest BCUT2D eigenvalue weighted by Gasteiger charge is -2.32. The Balaban J connectivity index is 1.46. The fourth-order valence-electron chi connectivity index (χ4n) is 4.04. The van der Waals surface area contributed by atoms with Crippen molar-refractivity contribution in [3.8, 4) is 5.75 Å². The minimum absolute atomic E-state index is 0.0165. The van der Waals surface area contributed by atoms with E-state index in [1.165, 1.54) is 30.6 Å². The van der Waals surface area contributed by atoms with Crippen LogP contribution < -0.4 is 15.4 Å². The molecule has 2 atom stereocenters. The lowest BCUT2D eigenvalue weighted by atomic mass is 9.90. The number of carbonyl (C=O) groups excluding carboxylic acids is 2. The monoisotopic (exact) mass is 491 g/mol. The summed E-state index contributed by atoms with van der Waals surface area (Å²) in [7, 11) is 0. The van der Waals surface area contributed by atoms with Crippen molar-refractivity contribution in [2.24, 2.45) is 0 Å². The van der Waals surface area contributed by atoms with Crippen molar-refractivity contribution in [2.75, 3.05) is 0 Å². The van der Waals surface area contributed by atoms with Crippen LogP contribution in [0.25, 0.3) is 0 Å². The maximum Gasteiger partial charge on any atom is 0.271 e. The van der Waals surface area contributed by atoms with Crippen molar-refractivity contribution < 1.29 is 14.3 Å². The fraction of sp³-hybridized carbons (Fsp3) is 0.560. The number of thiazole rings is 1. The number of nitrogens with one attached hydrogen (secondary N) is 2. The van der Waals surface area contributed by atoms with E-state index in [4.69, 9.17) is 16.3 Å². The molecule has 2 amide bonds. The topological polar surface area (TPSA) is 80.3 Å². The quantitative estimate of drug-likeness (QED) is 0.362. The van der Waals surface area contributed by atoms with Gasteiger partial charge in [0, 0.05) is 28.9 Å². The van der Waals surface area contributed by atoms with Gasteiger partial charge in [-0.15, -0.1) is 11.3 Å². The molecule has 2 N–H and O–H groups in total. The van der Waals surface area contributed by atoms with Gasteiger partial charge in [-0.2, -0.15) is 0 Å². The molecule has 1 heterocycles. The van der Waals surface area contributed by atoms with Crippen LogP contribution in [0.4, 0.5) is 0 Å². The van der Waals surface area contributed by atoms with Crippen LogP contribution in [-0.2, 0) is 11.4 Å². The van der Waals surface area contributed by atoms with Gasteiger partial charge in [0.1, 0.15) is 23.1 Å². The Bertz CT molecular complexity index is 887. The minimum atomic E-state index is -0.199. The summed E-state index contributed by atoms with van der Waals surface area (Å²) in [4.78, 5) is 29.6. The van der Waals surface area contributed by atoms with E-state index in [1.54, 1.807) is 29.6 Å². The Morgan fingerprint density at radius 1 is 1.06 bits per heavy atom. The zero-order chi connectivity index (χ0) is 23.5. The Morgan fingerprint density at radius 2 is 1.76 bits per heavy atom. The van der Waals surface area contributed by atoms with Crippen molar-refractivity contribution in [3.05, 3.63) is 45.4 Å². The van der Waals surface area contributed by atoms with E-state index in [9.17, 15) is 9.59 Å². The molecule has 2 aromatic rings. The molecule has 8 heteroatoms. The van der Waals surface area contributed by atoms with Gasteiger partial charge in [-0.1, -0.05) is 57.0 Å². The standard InChI is InChI=1S/C25H34ClN3O3S/c1-2-3-4-5-6-11-23(30)27-20-9-7-8-10-21(20)29-25(31)22-17-33-24(28-22)16-32-19-14-12-18(26)13-15-19/h12-15,17,20-21H,2-11,16H2,1H3,(H,27,30)(H,29,31). The molecule has 0 spiro atoms. The molecule has 1 saturated carbocycles. The van der Waals surface area contributed by atoms with Gasteiger partial charge in [0.25, 0.3) is 5.91 Å². The van der Waals surface area contributed by atoms with Crippen molar-refractivity contribution in [3.63, 3.8) is 0 Å². The summed E-state index contributed by atoms with van der Waals surface area (Å²) in [5, 5.41) is 9.40. The predicted molar refractivity (Wildman–Crippen MR) is 133 cm³/mol. The number of carbonyl (C=O) groups is 2. The third kappa shape index (κ3) is 8.63. The molecule has 1 aliphatic carbocycles. The second-order valence-electron chi connectivity index (χ2n) is 8.57. The van der Waals surface area contributed by atoms with E-state index in [1.807, 2.05) is 0 Å². The van der Waals surface area contributed by atoms with Crippen LogP contribution in [0, 0.1) is 0 Å². The molecule has 0 bridgehead atoms. The fourth-order valence-corrected chi connectivity index (χ4v) is 4.86. The predicted octanol–water partition coefficient (Wildman–Crippen LogP) is 5.89. The summed E-state index contributed by atoms with van der Waals surface area (Å²) in [6.45, 7) is 2.48. The highest BCUT2D eigenvalue weighted by molar-refractivity contribution is 7.09. The highest BCUT2D eigenvalue weighted by Gasteiger charge is 2.28. The van der Waals surface area contributed by atoms with Crippen LogP contribution in [0.2, 0.25) is 5.02 Å². The molecule has 33 heavy (non-hydrogen) atoms. The number of ether oxygens (including phenoxy) is 1. The molecule has 3 rings (SSSR count). The average molecular weight is 492 g/mol. The van der Waals surface area contributed by atoms with Gasteiger partial charge in [0.2, 0.25) is 5.91 Å². The van der Waals surface area contributed by atoms with Gasteiger partial charge < -0.3 is 15.4 Å². The summed E-state index contributed by atoms with van der Waals surface area (Å²) in [5.74, 6) is 0.592. The van der Waals surface area contributed by atoms with Crippen LogP contribution in [0.3, 0.4) is 0 Å². The number of hydrogen-bond acceptors (Lipinski definition) is 5. The number of rotatable bonds is 12. The van der Waals surface area contributed by atoms with Gasteiger partial charge in [-0.25, -0.2) is 4.98 Å². The van der Waals surface area contributed by atoms with Crippen molar-refractivity contribution in [1.82, 2.24) is 15.6 Å². The van der Waals surface area contributed by atoms with Gasteiger partial charge >= 0.3 is 0 Å². The van der Waals surface area contributed by atoms with E-state index >= 15 is 0 Å². The number of amides is 2. The zero-order valence-corrected chi connectivity index (χ0v) is 20.9. The molecular formula is C25H34ClN3O3S. The van der Waals surface area contributed by atoms with Gasteiger partial charge in [0.15, 0.2) is 0 Å². The summed E-state index contributed by atoms with van der Waals surface area (Å²) < 4.78 is 5.71. The van der Waals surface area contributed by atoms with Crippen molar-refractivity contribution in [2.45, 2.75) is 89.8 Å². The Kier molecular flexibility index (Phi) is 10.5. The minimum Gasteiger partial charge on any atom is -0.486 e. The summed E-state index contributed by atoms with van der Waals surface area (Å²) in [6, 6.07) is 7.05. The average Bonchev–Trinajstić information content (AvgIpc) is 3.29. The number of unbranched alkanes of at least 4 members (excludes halogenated alkanes) is 4. The number of benzene rings is 1. The van der Waals surface area contributed by atoms with Crippen molar-refractivity contribution >= 4 is 34.8 Å². The highest BCUT2D eigenvalue weighted by atomic mass is 35.5. The third-order valence-electron chi connectivity index (χ3n) is 5.90. The number of aromatic nitrogens is 1. The van der Waals surface area contributed by atoms with E-state index in [0.717, 1.165) is 43.5 Å². The van der Waals surface area contributed by atoms with E-state index in [0.29, 0.717) is 29.5 Å². The lowest BCUT2D eigenvalue weighted by Crippen LogP contribution is -2.53. The van der Waals surface area contributed by atoms with Crippen LogP contribution in [0.5, 0.6) is 5.75 Å². The summed E-state index contributed by atoms with van der Waals surface area (Å²) in [6.07, 6.45) is 10.1.